The van der Waals surface area contributed by atoms with Crippen LogP contribution < -0.4 is 28.4 Å². The van der Waals surface area contributed by atoms with E-state index in [4.69, 9.17) is 37.9 Å². The van der Waals surface area contributed by atoms with Crippen molar-refractivity contribution in [3.63, 3.8) is 0 Å². The van der Waals surface area contributed by atoms with Crippen molar-refractivity contribution >= 4 is 11.9 Å². The largest absolute Gasteiger partial charge is 0.490 e. The topological polar surface area (TPSA) is 108 Å². The van der Waals surface area contributed by atoms with E-state index in [0.717, 1.165) is 22.6 Å². The van der Waals surface area contributed by atoms with Crippen molar-refractivity contribution in [3.05, 3.63) is 182 Å². The third-order valence-corrected chi connectivity index (χ3v) is 8.63. The fourth-order valence-corrected chi connectivity index (χ4v) is 5.51. The minimum absolute atomic E-state index is 0.0183. The lowest BCUT2D eigenvalue weighted by molar-refractivity contribution is -0.148. The molecule has 0 radical (unpaired) electrons. The van der Waals surface area contributed by atoms with E-state index in [2.05, 4.69) is 13.2 Å². The number of ether oxygens (including phenoxy) is 8. The van der Waals surface area contributed by atoms with Crippen molar-refractivity contribution < 1.29 is 47.5 Å². The molecule has 60 heavy (non-hydrogen) atoms. The van der Waals surface area contributed by atoms with Gasteiger partial charge in [-0.1, -0.05) is 79.9 Å². The highest BCUT2D eigenvalue weighted by molar-refractivity contribution is 5.87. The maximum atomic E-state index is 12.6. The first-order valence-electron chi connectivity index (χ1n) is 19.3. The highest BCUT2D eigenvalue weighted by Gasteiger charge is 2.20. The van der Waals surface area contributed by atoms with Gasteiger partial charge in [0.15, 0.2) is 12.2 Å². The summed E-state index contributed by atoms with van der Waals surface area (Å²) in [7, 11) is 0. The molecule has 0 N–H and O–H groups in total. The zero-order valence-electron chi connectivity index (χ0n) is 33.5. The maximum absolute atomic E-state index is 12.6. The lowest BCUT2D eigenvalue weighted by Crippen LogP contribution is -2.31. The highest BCUT2D eigenvalue weighted by Crippen LogP contribution is 2.32. The van der Waals surface area contributed by atoms with Crippen molar-refractivity contribution in [2.45, 2.75) is 26.1 Å². The average Bonchev–Trinajstić information content (AvgIpc) is 3.27. The van der Waals surface area contributed by atoms with Crippen LogP contribution in [0.1, 0.15) is 13.8 Å². The van der Waals surface area contributed by atoms with Gasteiger partial charge < -0.3 is 37.9 Å². The minimum atomic E-state index is -0.748. The van der Waals surface area contributed by atoms with Crippen LogP contribution in [0.15, 0.2) is 182 Å². The fraction of sp³-hybridized carbons (Fsp3) is 0.160. The summed E-state index contributed by atoms with van der Waals surface area (Å²) in [5, 5.41) is 0. The monoisotopic (exact) mass is 806 g/mol. The molecule has 0 amide bonds. The number of esters is 2. The van der Waals surface area contributed by atoms with Crippen LogP contribution in [0, 0.1) is 0 Å². The number of hydrogen-bond donors (Lipinski definition) is 0. The fourth-order valence-electron chi connectivity index (χ4n) is 5.51. The first-order chi connectivity index (χ1) is 29.2. The van der Waals surface area contributed by atoms with E-state index in [1.807, 2.05) is 109 Å². The number of rotatable bonds is 21. The molecule has 6 rings (SSSR count). The predicted molar refractivity (Wildman–Crippen MR) is 229 cm³/mol. The Balaban J connectivity index is 1.04. The lowest BCUT2D eigenvalue weighted by atomic mass is 10.0. The van der Waals surface area contributed by atoms with E-state index < -0.39 is 24.1 Å². The summed E-state index contributed by atoms with van der Waals surface area (Å²) in [6.45, 7) is 10.7. The summed E-state index contributed by atoms with van der Waals surface area (Å²) in [4.78, 5) is 25.0. The number of hydrogen-bond acceptors (Lipinski definition) is 10. The van der Waals surface area contributed by atoms with Gasteiger partial charge in [0, 0.05) is 16.7 Å². The molecule has 10 heteroatoms. The summed E-state index contributed by atoms with van der Waals surface area (Å²) < 4.78 is 47.3. The molecule has 0 bridgehead atoms. The molecule has 0 aliphatic carbocycles. The van der Waals surface area contributed by atoms with E-state index >= 15 is 0 Å². The highest BCUT2D eigenvalue weighted by atomic mass is 16.6. The molecule has 2 atom stereocenters. The van der Waals surface area contributed by atoms with Gasteiger partial charge in [0.25, 0.3) is 0 Å². The van der Waals surface area contributed by atoms with Crippen LogP contribution in [-0.4, -0.2) is 50.6 Å². The molecule has 306 valence electrons. The summed E-state index contributed by atoms with van der Waals surface area (Å²) in [6, 6.07) is 48.3. The number of carbonyl (C=O) groups excluding carboxylic acids is 2. The van der Waals surface area contributed by atoms with Crippen molar-refractivity contribution in [1.29, 1.82) is 0 Å². The summed E-state index contributed by atoms with van der Waals surface area (Å²) >= 11 is 0. The van der Waals surface area contributed by atoms with E-state index in [1.54, 1.807) is 62.4 Å². The molecular weight excluding hydrogens is 761 g/mol. The zero-order chi connectivity index (χ0) is 42.1. The summed E-state index contributed by atoms with van der Waals surface area (Å²) in [6.07, 6.45) is -1.48. The molecule has 0 saturated heterocycles. The molecule has 2 unspecified atom stereocenters. The second-order valence-electron chi connectivity index (χ2n) is 13.7. The molecule has 0 aromatic heterocycles. The molecule has 0 heterocycles. The van der Waals surface area contributed by atoms with Crippen molar-refractivity contribution in [1.82, 2.24) is 0 Å². The molecule has 6 aromatic carbocycles. The number of carbonyl (C=O) groups is 2. The third-order valence-electron chi connectivity index (χ3n) is 8.63. The van der Waals surface area contributed by atoms with Gasteiger partial charge in [-0.05, 0) is 110 Å². The quantitative estimate of drug-likeness (QED) is 0.0515. The van der Waals surface area contributed by atoms with Gasteiger partial charge >= 0.3 is 11.9 Å². The SMILES string of the molecule is C=C(C)C(=O)OC(COc1ccc(Oc2ccccc2)cc1)COc1ccc(-c2ccccc2OCC(COc2ccc(Oc3ccccc3)cc2)OC(=O)C(=C)C)cc1. The number of benzene rings is 6. The normalized spacial score (nSPS) is 11.6. The zero-order valence-corrected chi connectivity index (χ0v) is 33.5. The molecular formula is C50H46O10. The summed E-state index contributed by atoms with van der Waals surface area (Å²) in [5.74, 6) is 3.95. The van der Waals surface area contributed by atoms with Crippen molar-refractivity contribution in [2.24, 2.45) is 0 Å². The van der Waals surface area contributed by atoms with Crippen LogP contribution in [0.3, 0.4) is 0 Å². The van der Waals surface area contributed by atoms with Gasteiger partial charge in [0.05, 0.1) is 0 Å². The second kappa shape index (κ2) is 21.3. The van der Waals surface area contributed by atoms with Gasteiger partial charge in [-0.25, -0.2) is 9.59 Å². The molecule has 6 aromatic rings. The van der Waals surface area contributed by atoms with Gasteiger partial charge in [-0.2, -0.15) is 0 Å². The molecule has 10 nitrogen and oxygen atoms in total. The smallest absolute Gasteiger partial charge is 0.333 e. The van der Waals surface area contributed by atoms with Crippen LogP contribution in [0.4, 0.5) is 0 Å². The molecule has 0 aliphatic rings. The van der Waals surface area contributed by atoms with Crippen LogP contribution in [-0.2, 0) is 19.1 Å². The van der Waals surface area contributed by atoms with Gasteiger partial charge in [-0.3, -0.25) is 0 Å². The Morgan fingerprint density at radius 2 is 0.750 bits per heavy atom. The third kappa shape index (κ3) is 13.0. The van der Waals surface area contributed by atoms with Crippen LogP contribution in [0.5, 0.6) is 46.0 Å². The van der Waals surface area contributed by atoms with Gasteiger partial charge in [0.2, 0.25) is 0 Å². The van der Waals surface area contributed by atoms with E-state index in [9.17, 15) is 9.59 Å². The Morgan fingerprint density at radius 1 is 0.417 bits per heavy atom. The molecule has 0 aliphatic heterocycles. The van der Waals surface area contributed by atoms with Crippen LogP contribution in [0.25, 0.3) is 11.1 Å². The standard InChI is InChI=1S/C50H46O10/c1-35(2)49(51)59-45(32-54-39-23-27-43(28-24-39)57-41-13-7-5-8-14-41)31-53-38-21-19-37(20-22-38)47-17-11-12-18-48(47)56-34-46(60-50(52)36(3)4)33-55-40-25-29-44(30-26-40)58-42-15-9-6-10-16-42/h5-30,45-46H,1,3,31-34H2,2,4H3. The van der Waals surface area contributed by atoms with Gasteiger partial charge in [-0.15, -0.1) is 0 Å². The van der Waals surface area contributed by atoms with Crippen molar-refractivity contribution in [3.8, 4) is 57.1 Å². The van der Waals surface area contributed by atoms with Gasteiger partial charge in [0.1, 0.15) is 72.4 Å². The molecule has 0 fully saturated rings. The first-order valence-corrected chi connectivity index (χ1v) is 19.3. The molecule has 0 saturated carbocycles. The number of para-hydroxylation sites is 3. The van der Waals surface area contributed by atoms with E-state index in [-0.39, 0.29) is 37.6 Å². The average molecular weight is 807 g/mol. The molecule has 0 spiro atoms. The Labute approximate surface area is 350 Å². The minimum Gasteiger partial charge on any atom is -0.490 e. The Morgan fingerprint density at radius 3 is 1.17 bits per heavy atom. The van der Waals surface area contributed by atoms with Crippen molar-refractivity contribution in [2.75, 3.05) is 26.4 Å². The maximum Gasteiger partial charge on any atom is 0.333 e. The lowest BCUT2D eigenvalue weighted by Gasteiger charge is -2.21. The summed E-state index contributed by atoms with van der Waals surface area (Å²) in [5.41, 5.74) is 2.19. The Bertz CT molecular complexity index is 2310. The van der Waals surface area contributed by atoms with Crippen LogP contribution >= 0.6 is 0 Å². The van der Waals surface area contributed by atoms with E-state index in [1.165, 1.54) is 0 Å². The first kappa shape index (κ1) is 42.2. The van der Waals surface area contributed by atoms with E-state index in [0.29, 0.717) is 34.5 Å². The predicted octanol–water partition coefficient (Wildman–Crippen LogP) is 10.8. The Hall–Kier alpha value is -7.46. The Kier molecular flexibility index (Phi) is 15.0. The second-order valence-corrected chi connectivity index (χ2v) is 13.7. The van der Waals surface area contributed by atoms with Crippen LogP contribution in [0.2, 0.25) is 0 Å².